The van der Waals surface area contributed by atoms with E-state index in [1.54, 1.807) is 25.3 Å². The van der Waals surface area contributed by atoms with Crippen molar-refractivity contribution < 1.29 is 9.53 Å². The molecule has 0 saturated heterocycles. The highest BCUT2D eigenvalue weighted by Crippen LogP contribution is 2.24. The standard InChI is InChI=1S/C12H11ClN4O2/c1-6-8(12(18)19-2)10(14)17-11(16-6)9-7(13)4-3-5-15-9/h3-5H,1-2H3,(H2,14,16,17). The van der Waals surface area contributed by atoms with Crippen LogP contribution >= 0.6 is 11.6 Å². The van der Waals surface area contributed by atoms with Crippen molar-refractivity contribution in [3.8, 4) is 11.5 Å². The summed E-state index contributed by atoms with van der Waals surface area (Å²) in [5.74, 6) is -0.266. The van der Waals surface area contributed by atoms with Crippen LogP contribution in [0.4, 0.5) is 5.82 Å². The molecular weight excluding hydrogens is 268 g/mol. The molecule has 19 heavy (non-hydrogen) atoms. The molecule has 2 aromatic heterocycles. The largest absolute Gasteiger partial charge is 0.465 e. The minimum Gasteiger partial charge on any atom is -0.465 e. The van der Waals surface area contributed by atoms with E-state index in [1.807, 2.05) is 0 Å². The third kappa shape index (κ3) is 2.48. The molecule has 0 spiro atoms. The fraction of sp³-hybridized carbons (Fsp3) is 0.167. The van der Waals surface area contributed by atoms with Gasteiger partial charge in [0, 0.05) is 6.20 Å². The Morgan fingerprint density at radius 1 is 1.42 bits per heavy atom. The lowest BCUT2D eigenvalue weighted by atomic mass is 10.2. The normalized spacial score (nSPS) is 10.3. The number of esters is 1. The van der Waals surface area contributed by atoms with E-state index in [1.165, 1.54) is 7.11 Å². The molecule has 0 atom stereocenters. The van der Waals surface area contributed by atoms with Gasteiger partial charge in [0.2, 0.25) is 0 Å². The van der Waals surface area contributed by atoms with Gasteiger partial charge in [0.05, 0.1) is 17.8 Å². The summed E-state index contributed by atoms with van der Waals surface area (Å²) >= 11 is 6.02. The van der Waals surface area contributed by atoms with Crippen molar-refractivity contribution in [1.82, 2.24) is 15.0 Å². The van der Waals surface area contributed by atoms with E-state index in [0.29, 0.717) is 16.4 Å². The molecule has 0 aliphatic rings. The second kappa shape index (κ2) is 5.19. The van der Waals surface area contributed by atoms with Crippen LogP contribution in [0.2, 0.25) is 5.02 Å². The van der Waals surface area contributed by atoms with Crippen LogP contribution in [0.1, 0.15) is 16.1 Å². The number of halogens is 1. The number of aromatic nitrogens is 3. The maximum atomic E-state index is 11.5. The number of rotatable bonds is 2. The quantitative estimate of drug-likeness (QED) is 0.843. The molecule has 0 saturated carbocycles. The number of carbonyl (C=O) groups is 1. The smallest absolute Gasteiger partial charge is 0.343 e. The van der Waals surface area contributed by atoms with Crippen LogP contribution in [0.25, 0.3) is 11.5 Å². The summed E-state index contributed by atoms with van der Waals surface area (Å²) in [6, 6.07) is 3.37. The summed E-state index contributed by atoms with van der Waals surface area (Å²) in [4.78, 5) is 23.9. The van der Waals surface area contributed by atoms with Crippen molar-refractivity contribution in [3.63, 3.8) is 0 Å². The lowest BCUT2D eigenvalue weighted by molar-refractivity contribution is 0.0600. The third-order valence-electron chi connectivity index (χ3n) is 2.48. The molecule has 2 heterocycles. The van der Waals surface area contributed by atoms with Crippen LogP contribution in [0.15, 0.2) is 18.3 Å². The molecule has 0 aliphatic carbocycles. The molecule has 2 rings (SSSR count). The predicted octanol–water partition coefficient (Wildman–Crippen LogP) is 1.87. The molecule has 0 aromatic carbocycles. The molecule has 6 nitrogen and oxygen atoms in total. The minimum absolute atomic E-state index is 0.0380. The Morgan fingerprint density at radius 3 is 2.74 bits per heavy atom. The van der Waals surface area contributed by atoms with Gasteiger partial charge in [-0.2, -0.15) is 0 Å². The van der Waals surface area contributed by atoms with Crippen LogP contribution < -0.4 is 5.73 Å². The Hall–Kier alpha value is -2.21. The summed E-state index contributed by atoms with van der Waals surface area (Å²) < 4.78 is 4.63. The highest BCUT2D eigenvalue weighted by Gasteiger charge is 2.19. The van der Waals surface area contributed by atoms with E-state index in [4.69, 9.17) is 17.3 Å². The Morgan fingerprint density at radius 2 is 2.16 bits per heavy atom. The van der Waals surface area contributed by atoms with Gasteiger partial charge in [0.15, 0.2) is 5.82 Å². The Labute approximate surface area is 114 Å². The summed E-state index contributed by atoms with van der Waals surface area (Å²) in [5.41, 5.74) is 6.74. The molecule has 2 N–H and O–H groups in total. The van der Waals surface area contributed by atoms with Gasteiger partial charge < -0.3 is 10.5 Å². The second-order valence-corrected chi connectivity index (χ2v) is 4.13. The zero-order valence-electron chi connectivity index (χ0n) is 10.3. The highest BCUT2D eigenvalue weighted by molar-refractivity contribution is 6.32. The zero-order chi connectivity index (χ0) is 14.0. The van der Waals surface area contributed by atoms with Crippen molar-refractivity contribution in [2.75, 3.05) is 12.8 Å². The van der Waals surface area contributed by atoms with E-state index in [9.17, 15) is 4.79 Å². The van der Waals surface area contributed by atoms with Gasteiger partial charge >= 0.3 is 5.97 Å². The first-order chi connectivity index (χ1) is 9.04. The van der Waals surface area contributed by atoms with Gasteiger partial charge in [-0.05, 0) is 19.1 Å². The number of hydrogen-bond acceptors (Lipinski definition) is 6. The van der Waals surface area contributed by atoms with Gasteiger partial charge in [0.1, 0.15) is 17.1 Å². The van der Waals surface area contributed by atoms with E-state index >= 15 is 0 Å². The molecule has 0 aliphatic heterocycles. The van der Waals surface area contributed by atoms with E-state index in [2.05, 4.69) is 19.7 Å². The first kappa shape index (κ1) is 13.2. The van der Waals surface area contributed by atoms with Gasteiger partial charge in [-0.25, -0.2) is 14.8 Å². The summed E-state index contributed by atoms with van der Waals surface area (Å²) in [7, 11) is 1.27. The highest BCUT2D eigenvalue weighted by atomic mass is 35.5. The monoisotopic (exact) mass is 278 g/mol. The first-order valence-corrected chi connectivity index (χ1v) is 5.75. The summed E-state index contributed by atoms with van der Waals surface area (Å²) in [6.07, 6.45) is 1.57. The summed E-state index contributed by atoms with van der Waals surface area (Å²) in [5, 5.41) is 0.409. The zero-order valence-corrected chi connectivity index (χ0v) is 11.1. The predicted molar refractivity (Wildman–Crippen MR) is 70.8 cm³/mol. The van der Waals surface area contributed by atoms with Crippen LogP contribution in [0, 0.1) is 6.92 Å². The van der Waals surface area contributed by atoms with Crippen molar-refractivity contribution in [2.45, 2.75) is 6.92 Å². The van der Waals surface area contributed by atoms with Crippen molar-refractivity contribution in [1.29, 1.82) is 0 Å². The number of ether oxygens (including phenoxy) is 1. The molecule has 0 fully saturated rings. The molecule has 98 valence electrons. The second-order valence-electron chi connectivity index (χ2n) is 3.72. The summed E-state index contributed by atoms with van der Waals surface area (Å²) in [6.45, 7) is 1.64. The Bertz CT molecular complexity index is 622. The molecule has 0 amide bonds. The number of hydrogen-bond donors (Lipinski definition) is 1. The third-order valence-corrected chi connectivity index (χ3v) is 2.78. The molecule has 2 aromatic rings. The molecule has 0 unspecified atom stereocenters. The average molecular weight is 279 g/mol. The van der Waals surface area contributed by atoms with Crippen LogP contribution in [0.5, 0.6) is 0 Å². The number of aryl methyl sites for hydroxylation is 1. The van der Waals surface area contributed by atoms with Gasteiger partial charge in [0.25, 0.3) is 0 Å². The van der Waals surface area contributed by atoms with Crippen LogP contribution in [-0.2, 0) is 4.74 Å². The first-order valence-electron chi connectivity index (χ1n) is 5.38. The van der Waals surface area contributed by atoms with Crippen molar-refractivity contribution in [3.05, 3.63) is 34.6 Å². The average Bonchev–Trinajstić information content (AvgIpc) is 2.38. The number of nitrogens with two attached hydrogens (primary N) is 1. The van der Waals surface area contributed by atoms with E-state index in [0.717, 1.165) is 0 Å². The Kier molecular flexibility index (Phi) is 3.62. The Balaban J connectivity index is 2.58. The van der Waals surface area contributed by atoms with Crippen molar-refractivity contribution in [2.24, 2.45) is 0 Å². The number of nitrogen functional groups attached to an aromatic ring is 1. The number of methoxy groups -OCH3 is 1. The van der Waals surface area contributed by atoms with Gasteiger partial charge in [-0.3, -0.25) is 4.98 Å². The molecule has 0 radical (unpaired) electrons. The minimum atomic E-state index is -0.575. The van der Waals surface area contributed by atoms with Gasteiger partial charge in [-0.15, -0.1) is 0 Å². The lowest BCUT2D eigenvalue weighted by Crippen LogP contribution is -2.12. The fourth-order valence-electron chi connectivity index (χ4n) is 1.61. The van der Waals surface area contributed by atoms with Gasteiger partial charge in [-0.1, -0.05) is 11.6 Å². The van der Waals surface area contributed by atoms with Crippen LogP contribution in [0.3, 0.4) is 0 Å². The van der Waals surface area contributed by atoms with Crippen molar-refractivity contribution >= 4 is 23.4 Å². The number of nitrogens with zero attached hydrogens (tertiary/aromatic N) is 3. The van der Waals surface area contributed by atoms with E-state index < -0.39 is 5.97 Å². The maximum Gasteiger partial charge on any atom is 0.343 e. The number of carbonyl (C=O) groups excluding carboxylic acids is 1. The number of pyridine rings is 1. The molecule has 0 bridgehead atoms. The molecule has 7 heteroatoms. The van der Waals surface area contributed by atoms with E-state index in [-0.39, 0.29) is 17.2 Å². The topological polar surface area (TPSA) is 91.0 Å². The lowest BCUT2D eigenvalue weighted by Gasteiger charge is -2.09. The maximum absolute atomic E-state index is 11.5. The SMILES string of the molecule is COC(=O)c1c(C)nc(-c2ncccc2Cl)nc1N. The number of anilines is 1. The fourth-order valence-corrected chi connectivity index (χ4v) is 1.81. The van der Waals surface area contributed by atoms with Crippen LogP contribution in [-0.4, -0.2) is 28.0 Å². The molecular formula is C12H11ClN4O2.